The van der Waals surface area contributed by atoms with Gasteiger partial charge in [-0.25, -0.2) is 0 Å². The van der Waals surface area contributed by atoms with Crippen molar-refractivity contribution in [2.75, 3.05) is 19.6 Å². The van der Waals surface area contributed by atoms with Crippen LogP contribution >= 0.6 is 0 Å². The number of hydrogen-bond donors (Lipinski definition) is 0. The molecular formula is C26H28N4O2. The number of carbonyl (C=O) groups is 2. The summed E-state index contributed by atoms with van der Waals surface area (Å²) in [6.07, 6.45) is 9.38. The van der Waals surface area contributed by atoms with E-state index in [2.05, 4.69) is 29.2 Å². The van der Waals surface area contributed by atoms with E-state index in [0.717, 1.165) is 74.1 Å². The Morgan fingerprint density at radius 2 is 1.69 bits per heavy atom. The number of pyridine rings is 1. The van der Waals surface area contributed by atoms with Crippen LogP contribution in [-0.4, -0.2) is 57.6 Å². The Hall–Kier alpha value is -3.02. The normalized spacial score (nSPS) is 22.4. The molecule has 2 aliphatic heterocycles. The molecule has 0 radical (unpaired) electrons. The van der Waals surface area contributed by atoms with Crippen LogP contribution in [0.5, 0.6) is 0 Å². The van der Waals surface area contributed by atoms with Crippen LogP contribution in [0.1, 0.15) is 44.1 Å². The van der Waals surface area contributed by atoms with Gasteiger partial charge in [0.25, 0.3) is 5.91 Å². The molecule has 4 aliphatic rings. The summed E-state index contributed by atoms with van der Waals surface area (Å²) in [5.74, 6) is 2.03. The Labute approximate surface area is 188 Å². The minimum atomic E-state index is -0.500. The fraction of sp³-hybridized carbons (Fsp3) is 0.462. The third kappa shape index (κ3) is 3.51. The first kappa shape index (κ1) is 19.6. The van der Waals surface area contributed by atoms with Crippen LogP contribution in [0.3, 0.4) is 0 Å². The van der Waals surface area contributed by atoms with Gasteiger partial charge in [0.15, 0.2) is 0 Å². The molecule has 2 saturated carbocycles. The zero-order valence-corrected chi connectivity index (χ0v) is 18.2. The number of nitrogens with zero attached hydrogens (tertiary/aromatic N) is 4. The third-order valence-corrected chi connectivity index (χ3v) is 7.37. The second kappa shape index (κ2) is 7.54. The lowest BCUT2D eigenvalue weighted by molar-refractivity contribution is -0.134. The molecule has 0 bridgehead atoms. The summed E-state index contributed by atoms with van der Waals surface area (Å²) < 4.78 is 0. The van der Waals surface area contributed by atoms with Crippen molar-refractivity contribution in [2.45, 2.75) is 44.1 Å². The molecule has 1 saturated heterocycles. The lowest BCUT2D eigenvalue weighted by Gasteiger charge is -2.34. The zero-order chi connectivity index (χ0) is 21.7. The van der Waals surface area contributed by atoms with E-state index in [4.69, 9.17) is 4.99 Å². The Morgan fingerprint density at radius 1 is 0.969 bits per heavy atom. The largest absolute Gasteiger partial charge is 0.342 e. The molecule has 32 heavy (non-hydrogen) atoms. The van der Waals surface area contributed by atoms with E-state index in [1.165, 1.54) is 0 Å². The molecule has 1 spiro atoms. The lowest BCUT2D eigenvalue weighted by Crippen LogP contribution is -2.45. The fourth-order valence-electron chi connectivity index (χ4n) is 5.02. The molecule has 3 heterocycles. The predicted molar refractivity (Wildman–Crippen MR) is 122 cm³/mol. The summed E-state index contributed by atoms with van der Waals surface area (Å²) in [6, 6.07) is 12.3. The highest BCUT2D eigenvalue weighted by molar-refractivity contribution is 6.16. The van der Waals surface area contributed by atoms with Gasteiger partial charge in [0.05, 0.1) is 0 Å². The number of aliphatic imine (C=N–C) groups is 1. The highest BCUT2D eigenvalue weighted by Crippen LogP contribution is 2.46. The van der Waals surface area contributed by atoms with Crippen molar-refractivity contribution in [3.05, 3.63) is 54.4 Å². The smallest absolute Gasteiger partial charge is 0.256 e. The highest BCUT2D eigenvalue weighted by atomic mass is 16.2. The fourth-order valence-corrected chi connectivity index (χ4v) is 5.02. The number of rotatable bonds is 5. The van der Waals surface area contributed by atoms with Crippen LogP contribution in [0.2, 0.25) is 0 Å². The van der Waals surface area contributed by atoms with E-state index in [1.54, 1.807) is 6.20 Å². The highest BCUT2D eigenvalue weighted by Gasteiger charge is 2.57. The number of aromatic nitrogens is 1. The molecule has 0 atom stereocenters. The van der Waals surface area contributed by atoms with E-state index in [1.807, 2.05) is 28.1 Å². The zero-order valence-electron chi connectivity index (χ0n) is 18.2. The summed E-state index contributed by atoms with van der Waals surface area (Å²) in [5, 5.41) is 0. The Morgan fingerprint density at radius 3 is 2.31 bits per heavy atom. The SMILES string of the molecule is O=C(C1CC1)N1CCC(CN2C(=O)C3(CC3)N=C2c2ccc(-c3cccnc3)cc2)CC1. The molecule has 6 heteroatoms. The van der Waals surface area contributed by atoms with Gasteiger partial charge in [-0.3, -0.25) is 24.5 Å². The van der Waals surface area contributed by atoms with E-state index in [9.17, 15) is 9.59 Å². The molecular weight excluding hydrogens is 400 g/mol. The first-order valence-corrected chi connectivity index (χ1v) is 11.8. The molecule has 3 fully saturated rings. The van der Waals surface area contributed by atoms with Crippen molar-refractivity contribution in [1.82, 2.24) is 14.8 Å². The molecule has 0 N–H and O–H groups in total. The van der Waals surface area contributed by atoms with Gasteiger partial charge in [-0.05, 0) is 61.6 Å². The average molecular weight is 429 g/mol. The molecule has 0 unspecified atom stereocenters. The van der Waals surface area contributed by atoms with Crippen molar-refractivity contribution < 1.29 is 9.59 Å². The number of amides is 2. The summed E-state index contributed by atoms with van der Waals surface area (Å²) >= 11 is 0. The van der Waals surface area contributed by atoms with Gasteiger partial charge in [0, 0.05) is 43.5 Å². The van der Waals surface area contributed by atoms with Crippen molar-refractivity contribution in [2.24, 2.45) is 16.8 Å². The van der Waals surface area contributed by atoms with E-state index in [-0.39, 0.29) is 11.8 Å². The van der Waals surface area contributed by atoms with Crippen LogP contribution < -0.4 is 0 Å². The predicted octanol–water partition coefficient (Wildman–Crippen LogP) is 3.52. The number of benzene rings is 1. The number of carbonyl (C=O) groups excluding carboxylic acids is 2. The van der Waals surface area contributed by atoms with Crippen LogP contribution in [-0.2, 0) is 9.59 Å². The molecule has 164 valence electrons. The van der Waals surface area contributed by atoms with Crippen LogP contribution in [0, 0.1) is 11.8 Å². The standard InChI is InChI=1S/C26H28N4O2/c31-24(21-7-8-21)29-14-9-18(10-15-29)17-30-23(28-26(11-12-26)25(30)32)20-5-3-19(4-6-20)22-2-1-13-27-16-22/h1-6,13,16,18,21H,7-12,14-15,17H2. The molecule has 1 aromatic heterocycles. The molecule has 2 aliphatic carbocycles. The van der Waals surface area contributed by atoms with Crippen LogP contribution in [0.25, 0.3) is 11.1 Å². The summed E-state index contributed by atoms with van der Waals surface area (Å²) in [7, 11) is 0. The van der Waals surface area contributed by atoms with Crippen molar-refractivity contribution >= 4 is 17.6 Å². The van der Waals surface area contributed by atoms with Gasteiger partial charge in [0.1, 0.15) is 11.4 Å². The summed E-state index contributed by atoms with van der Waals surface area (Å²) in [5.41, 5.74) is 2.68. The average Bonchev–Trinajstić information content (AvgIpc) is 3.77. The van der Waals surface area contributed by atoms with Crippen LogP contribution in [0.4, 0.5) is 0 Å². The summed E-state index contributed by atoms with van der Waals surface area (Å²) in [6.45, 7) is 2.34. The maximum absolute atomic E-state index is 13.2. The van der Waals surface area contributed by atoms with Crippen molar-refractivity contribution in [3.63, 3.8) is 0 Å². The second-order valence-electron chi connectivity index (χ2n) is 9.74. The van der Waals surface area contributed by atoms with E-state index < -0.39 is 5.54 Å². The Bertz CT molecular complexity index is 1060. The Kier molecular flexibility index (Phi) is 4.63. The topological polar surface area (TPSA) is 65.9 Å². The Balaban J connectivity index is 1.18. The van der Waals surface area contributed by atoms with Gasteiger partial charge in [-0.15, -0.1) is 0 Å². The number of amidine groups is 1. The third-order valence-electron chi connectivity index (χ3n) is 7.37. The van der Waals surface area contributed by atoms with Gasteiger partial charge in [-0.1, -0.05) is 30.3 Å². The van der Waals surface area contributed by atoms with Gasteiger partial charge in [-0.2, -0.15) is 0 Å². The lowest BCUT2D eigenvalue weighted by atomic mass is 9.95. The second-order valence-corrected chi connectivity index (χ2v) is 9.74. The molecule has 2 amide bonds. The molecule has 1 aromatic carbocycles. The first-order valence-electron chi connectivity index (χ1n) is 11.8. The van der Waals surface area contributed by atoms with Gasteiger partial charge < -0.3 is 4.90 Å². The number of likely N-dealkylation sites (tertiary alicyclic amines) is 1. The quantitative estimate of drug-likeness (QED) is 0.732. The molecule has 6 rings (SSSR count). The minimum Gasteiger partial charge on any atom is -0.342 e. The summed E-state index contributed by atoms with van der Waals surface area (Å²) in [4.78, 5) is 38.7. The molecule has 2 aromatic rings. The van der Waals surface area contributed by atoms with Crippen molar-refractivity contribution in [1.29, 1.82) is 0 Å². The van der Waals surface area contributed by atoms with Crippen LogP contribution in [0.15, 0.2) is 53.8 Å². The monoisotopic (exact) mass is 428 g/mol. The number of hydrogen-bond acceptors (Lipinski definition) is 4. The maximum Gasteiger partial charge on any atom is 0.256 e. The van der Waals surface area contributed by atoms with E-state index in [0.29, 0.717) is 18.4 Å². The minimum absolute atomic E-state index is 0.167. The molecule has 6 nitrogen and oxygen atoms in total. The van der Waals surface area contributed by atoms with Gasteiger partial charge >= 0.3 is 0 Å². The first-order chi connectivity index (χ1) is 15.6. The van der Waals surface area contributed by atoms with E-state index >= 15 is 0 Å². The van der Waals surface area contributed by atoms with Crippen molar-refractivity contribution in [3.8, 4) is 11.1 Å². The maximum atomic E-state index is 13.2. The van der Waals surface area contributed by atoms with Gasteiger partial charge in [0.2, 0.25) is 5.91 Å². The number of piperidine rings is 1.